The van der Waals surface area contributed by atoms with Crippen molar-refractivity contribution >= 4 is 114 Å². The zero-order valence-electron chi connectivity index (χ0n) is 40.9. The van der Waals surface area contributed by atoms with Crippen molar-refractivity contribution in [2.24, 2.45) is 34.4 Å². The van der Waals surface area contributed by atoms with Crippen molar-refractivity contribution in [1.29, 1.82) is 0 Å². The molecular formula is C41H69N15O17S2. The first-order chi connectivity index (χ1) is 35.1. The Labute approximate surface area is 440 Å². The van der Waals surface area contributed by atoms with E-state index in [-0.39, 0.29) is 44.4 Å². The van der Waals surface area contributed by atoms with Gasteiger partial charge in [0.25, 0.3) is 0 Å². The van der Waals surface area contributed by atoms with Gasteiger partial charge in [-0.25, -0.2) is 0 Å². The highest BCUT2D eigenvalue weighted by Gasteiger charge is 2.35. The maximum Gasteiger partial charge on any atom is 0.303 e. The molecule has 0 aromatic heterocycles. The Morgan fingerprint density at radius 1 is 0.400 bits per heavy atom. The van der Waals surface area contributed by atoms with Crippen molar-refractivity contribution < 1.29 is 82.1 Å². The minimum atomic E-state index is -1.80. The monoisotopic (exact) mass is 1110 g/mol. The Bertz CT molecular complexity index is 2090. The number of rotatable bonds is 39. The summed E-state index contributed by atoms with van der Waals surface area (Å²) in [5.74, 6) is -17.1. The summed E-state index contributed by atoms with van der Waals surface area (Å²) in [6, 6.07) is -14.3. The molecule has 0 heterocycles. The molecule has 0 unspecified atom stereocenters. The molecule has 75 heavy (non-hydrogen) atoms. The van der Waals surface area contributed by atoms with E-state index in [0.717, 1.165) is 6.92 Å². The summed E-state index contributed by atoms with van der Waals surface area (Å²) in [6.07, 6.45) is -4.43. The predicted molar refractivity (Wildman–Crippen MR) is 266 cm³/mol. The Morgan fingerprint density at radius 2 is 0.733 bits per heavy atom. The Balaban J connectivity index is 6.31. The van der Waals surface area contributed by atoms with Crippen molar-refractivity contribution in [3.8, 4) is 0 Å². The van der Waals surface area contributed by atoms with Crippen LogP contribution in [0.15, 0.2) is 0 Å². The predicted octanol–water partition coefficient (Wildman–Crippen LogP) is -9.06. The van der Waals surface area contributed by atoms with E-state index in [1.807, 2.05) is 0 Å². The van der Waals surface area contributed by atoms with Crippen LogP contribution in [0.4, 0.5) is 0 Å². The molecule has 0 rings (SSSR count). The molecule has 13 amide bonds. The molecule has 34 heteroatoms. The molecule has 0 aliphatic carbocycles. The average molecular weight is 1110 g/mol. The summed E-state index contributed by atoms with van der Waals surface area (Å²) in [5.41, 5.74) is 31.9. The Kier molecular flexibility index (Phi) is 32.3. The lowest BCUT2D eigenvalue weighted by Crippen LogP contribution is -2.60. The number of carbonyl (C=O) groups is 15. The maximum absolute atomic E-state index is 13.7. The number of primary amides is 4. The first-order valence-electron chi connectivity index (χ1n) is 23.0. The number of carbonyl (C=O) groups excluding carboxylic acids is 13. The summed E-state index contributed by atoms with van der Waals surface area (Å²) < 4.78 is 0. The summed E-state index contributed by atoms with van der Waals surface area (Å²) >= 11 is 8.17. The van der Waals surface area contributed by atoms with Gasteiger partial charge in [0.1, 0.15) is 54.4 Å². The molecule has 0 aliphatic heterocycles. The number of hydrogen-bond donors (Lipinski definition) is 19. The minimum Gasteiger partial charge on any atom is -0.481 e. The van der Waals surface area contributed by atoms with Crippen LogP contribution in [-0.4, -0.2) is 178 Å². The van der Waals surface area contributed by atoms with E-state index in [2.05, 4.69) is 73.1 Å². The van der Waals surface area contributed by atoms with E-state index >= 15 is 0 Å². The van der Waals surface area contributed by atoms with Gasteiger partial charge < -0.3 is 92.5 Å². The zero-order valence-corrected chi connectivity index (χ0v) is 42.7. The first-order valence-corrected chi connectivity index (χ1v) is 24.3. The van der Waals surface area contributed by atoms with E-state index in [1.54, 1.807) is 0 Å². The number of amides is 13. The number of carboxylic acids is 2. The van der Waals surface area contributed by atoms with Gasteiger partial charge in [-0.05, 0) is 58.4 Å². The van der Waals surface area contributed by atoms with Gasteiger partial charge in [-0.3, -0.25) is 71.9 Å². The lowest BCUT2D eigenvalue weighted by Gasteiger charge is -2.27. The molecule has 0 saturated heterocycles. The first kappa shape index (κ1) is 67.7. The van der Waals surface area contributed by atoms with E-state index in [4.69, 9.17) is 34.4 Å². The second kappa shape index (κ2) is 35.8. The molecule has 0 aromatic rings. The lowest BCUT2D eigenvalue weighted by molar-refractivity contribution is -0.140. The summed E-state index contributed by atoms with van der Waals surface area (Å²) in [4.78, 5) is 189. The summed E-state index contributed by atoms with van der Waals surface area (Å²) in [7, 11) is 0. The van der Waals surface area contributed by atoms with Crippen LogP contribution < -0.4 is 82.3 Å². The summed E-state index contributed by atoms with van der Waals surface area (Å²) in [5, 5.41) is 39.1. The summed E-state index contributed by atoms with van der Waals surface area (Å²) in [6.45, 7) is 0.772. The van der Waals surface area contributed by atoms with Crippen molar-refractivity contribution in [1.82, 2.24) is 47.9 Å². The highest BCUT2D eigenvalue weighted by Crippen LogP contribution is 2.09. The van der Waals surface area contributed by atoms with Gasteiger partial charge in [0.05, 0.1) is 13.0 Å². The van der Waals surface area contributed by atoms with E-state index < -0.39 is 194 Å². The average Bonchev–Trinajstić information content (AvgIpc) is 3.33. The normalized spacial score (nSPS) is 14.4. The number of aliphatic carboxylic acids is 2. The van der Waals surface area contributed by atoms with Gasteiger partial charge in [-0.2, -0.15) is 25.3 Å². The lowest BCUT2D eigenvalue weighted by atomic mass is 10.1. The van der Waals surface area contributed by atoms with Crippen molar-refractivity contribution in [3.63, 3.8) is 0 Å². The maximum atomic E-state index is 13.7. The van der Waals surface area contributed by atoms with Gasteiger partial charge >= 0.3 is 11.9 Å². The molecule has 422 valence electrons. The van der Waals surface area contributed by atoms with Crippen LogP contribution in [0.2, 0.25) is 0 Å². The molecule has 32 nitrogen and oxygen atoms in total. The molecule has 0 spiro atoms. The van der Waals surface area contributed by atoms with Gasteiger partial charge in [-0.1, -0.05) is 0 Å². The fourth-order valence-electron chi connectivity index (χ4n) is 6.32. The fraction of sp³-hybridized carbons (Fsp3) is 0.634. The minimum absolute atomic E-state index is 0.108. The van der Waals surface area contributed by atoms with Gasteiger partial charge in [0.15, 0.2) is 0 Å². The van der Waals surface area contributed by atoms with Crippen LogP contribution in [0.25, 0.3) is 0 Å². The topological polar surface area (TPSA) is 561 Å². The second-order valence-corrected chi connectivity index (χ2v) is 17.3. The number of hydrogen-bond acceptors (Lipinski definition) is 19. The third-order valence-electron chi connectivity index (χ3n) is 10.4. The zero-order chi connectivity index (χ0) is 57.5. The molecule has 0 aromatic carbocycles. The number of nitrogens with two attached hydrogens (primary N) is 6. The molecule has 0 aliphatic rings. The number of carboxylic acid groups (broad SMARTS) is 2. The van der Waals surface area contributed by atoms with Crippen LogP contribution in [0.1, 0.15) is 84.0 Å². The molecule has 9 atom stereocenters. The molecule has 23 N–H and O–H groups in total. The highest BCUT2D eigenvalue weighted by atomic mass is 32.1. The van der Waals surface area contributed by atoms with Crippen LogP contribution >= 0.6 is 25.3 Å². The number of unbranched alkanes of at least 4 members (excludes halogenated alkanes) is 1. The largest absolute Gasteiger partial charge is 0.481 e. The fourth-order valence-corrected chi connectivity index (χ4v) is 6.84. The van der Waals surface area contributed by atoms with Crippen molar-refractivity contribution in [2.45, 2.75) is 138 Å². The van der Waals surface area contributed by atoms with Gasteiger partial charge in [0, 0.05) is 37.2 Å². The van der Waals surface area contributed by atoms with Crippen LogP contribution in [0.5, 0.6) is 0 Å². The van der Waals surface area contributed by atoms with Gasteiger partial charge in [0.2, 0.25) is 76.8 Å². The Morgan fingerprint density at radius 3 is 1.11 bits per heavy atom. The SMILES string of the molecule is C[C@H](NC(=O)[C@H](CC(N)=O)NC(=O)[C@H](CCCCN)NC(=O)[C@H](CS)NC(=O)[C@H](CCC(N)=O)NC(=O)CN)C(=O)N[C@@H](CS)C(=O)N[C@@H](CCC(=O)O)C(=O)N[C@@H](CCC(=O)O)C(=O)N[C@@H](CCC(N)=O)C(N)=O. The van der Waals surface area contributed by atoms with Crippen molar-refractivity contribution in [2.75, 3.05) is 24.6 Å². The van der Waals surface area contributed by atoms with Crippen LogP contribution in [-0.2, 0) is 71.9 Å². The van der Waals surface area contributed by atoms with E-state index in [1.165, 1.54) is 0 Å². The van der Waals surface area contributed by atoms with Gasteiger partial charge in [-0.15, -0.1) is 0 Å². The number of thiol groups is 2. The van der Waals surface area contributed by atoms with Crippen LogP contribution in [0, 0.1) is 0 Å². The van der Waals surface area contributed by atoms with Crippen LogP contribution in [0.3, 0.4) is 0 Å². The molecule has 0 fully saturated rings. The quantitative estimate of drug-likeness (QED) is 0.0201. The van der Waals surface area contributed by atoms with E-state index in [0.29, 0.717) is 6.42 Å². The molecular weight excluding hydrogens is 1040 g/mol. The molecule has 0 radical (unpaired) electrons. The standard InChI is InChI=1S/C41H69N15O17S2/c1-18(34(66)55-25(16-74)40(72)53-23(8-12-32(63)64)38(70)52-22(7-11-31(61)62)37(69)50-19(33(47)65)5-9-27(44)57)48-39(71)24(14-29(46)59)54-35(67)20(4-2-3-13-42)51-41(73)26(17-75)56-36(68)21(6-10-28(45)58)49-30(60)15-43/h18-26,74-75H,2-17,42-43H2,1H3,(H2,44,57)(H2,45,58)(H2,46,59)(H2,47,65)(H,48,71)(H,49,60)(H,50,69)(H,51,73)(H,52,70)(H,53,72)(H,54,67)(H,55,66)(H,56,68)(H,61,62)(H,63,64)/t18-,19-,20-,21-,22-,23-,24-,25-,26-/m0/s1. The second-order valence-electron chi connectivity index (χ2n) is 16.6. The smallest absolute Gasteiger partial charge is 0.303 e. The molecule has 0 saturated carbocycles. The van der Waals surface area contributed by atoms with E-state index in [9.17, 15) is 82.1 Å². The third-order valence-corrected chi connectivity index (χ3v) is 11.1. The third kappa shape index (κ3) is 28.1. The number of nitrogens with one attached hydrogen (secondary N) is 9. The van der Waals surface area contributed by atoms with Crippen molar-refractivity contribution in [3.05, 3.63) is 0 Å². The highest BCUT2D eigenvalue weighted by molar-refractivity contribution is 7.80. The Hall–Kier alpha value is -7.33. The molecule has 0 bridgehead atoms.